The molecule has 0 unspecified atom stereocenters. The van der Waals surface area contributed by atoms with Crippen molar-refractivity contribution in [1.29, 1.82) is 0 Å². The number of carbonyl (C=O) groups excluding carboxylic acids is 2. The Bertz CT molecular complexity index is 908. The molecule has 2 aliphatic heterocycles. The van der Waals surface area contributed by atoms with E-state index in [0.29, 0.717) is 30.3 Å². The summed E-state index contributed by atoms with van der Waals surface area (Å²) >= 11 is 0. The molecular weight excluding hydrogens is 346 g/mol. The highest BCUT2D eigenvalue weighted by molar-refractivity contribution is 6.21. The summed E-state index contributed by atoms with van der Waals surface area (Å²) in [7, 11) is 0. The van der Waals surface area contributed by atoms with E-state index in [2.05, 4.69) is 10.3 Å². The topological polar surface area (TPSA) is 80.8 Å². The summed E-state index contributed by atoms with van der Waals surface area (Å²) in [6.07, 6.45) is 2.01. The lowest BCUT2D eigenvalue weighted by Gasteiger charge is -2.18. The standard InChI is InChI=1S/C20H21N3O4/c1-4-16-18(24)23(19(25)22-16)13-6-8-17(21-10-13)27-14-7-5-12-11-26-20(2,3)15(12)9-14/h5-10,16H,4,11H2,1-3H3,(H,22,25)/t16-/m1/s1. The van der Waals surface area contributed by atoms with E-state index in [0.717, 1.165) is 16.0 Å². The maximum atomic E-state index is 12.3. The Balaban J connectivity index is 1.53. The molecule has 0 spiro atoms. The Morgan fingerprint density at radius 3 is 2.78 bits per heavy atom. The Kier molecular flexibility index (Phi) is 4.11. The van der Waals surface area contributed by atoms with Crippen LogP contribution in [0, 0.1) is 0 Å². The Labute approximate surface area is 157 Å². The number of hydrogen-bond acceptors (Lipinski definition) is 5. The van der Waals surface area contributed by atoms with Crippen LogP contribution in [0.2, 0.25) is 0 Å². The summed E-state index contributed by atoms with van der Waals surface area (Å²) in [5.41, 5.74) is 2.33. The summed E-state index contributed by atoms with van der Waals surface area (Å²) in [6, 6.07) is 8.21. The molecule has 7 heteroatoms. The summed E-state index contributed by atoms with van der Waals surface area (Å²) in [4.78, 5) is 29.6. The van der Waals surface area contributed by atoms with Crippen molar-refractivity contribution in [3.8, 4) is 11.6 Å². The van der Waals surface area contributed by atoms with E-state index in [-0.39, 0.29) is 11.5 Å². The summed E-state index contributed by atoms with van der Waals surface area (Å²) < 4.78 is 11.6. The van der Waals surface area contributed by atoms with Crippen LogP contribution in [0.15, 0.2) is 36.5 Å². The van der Waals surface area contributed by atoms with Gasteiger partial charge in [0, 0.05) is 6.07 Å². The summed E-state index contributed by atoms with van der Waals surface area (Å²) in [5.74, 6) is 0.780. The second-order valence-electron chi connectivity index (χ2n) is 7.16. The molecule has 0 saturated carbocycles. The zero-order valence-electron chi connectivity index (χ0n) is 15.5. The number of pyridine rings is 1. The first-order valence-corrected chi connectivity index (χ1v) is 8.95. The lowest BCUT2D eigenvalue weighted by Crippen LogP contribution is -2.31. The van der Waals surface area contributed by atoms with Crippen molar-refractivity contribution in [1.82, 2.24) is 10.3 Å². The van der Waals surface area contributed by atoms with Gasteiger partial charge in [0.05, 0.1) is 24.1 Å². The van der Waals surface area contributed by atoms with E-state index >= 15 is 0 Å². The molecule has 2 aliphatic rings. The van der Waals surface area contributed by atoms with Crippen LogP contribution in [0.25, 0.3) is 0 Å². The van der Waals surface area contributed by atoms with Gasteiger partial charge in [-0.05, 0) is 49.6 Å². The number of urea groups is 1. The van der Waals surface area contributed by atoms with Gasteiger partial charge >= 0.3 is 6.03 Å². The number of carbonyl (C=O) groups is 2. The monoisotopic (exact) mass is 367 g/mol. The highest BCUT2D eigenvalue weighted by atomic mass is 16.5. The fourth-order valence-corrected chi connectivity index (χ4v) is 3.38. The Morgan fingerprint density at radius 2 is 2.11 bits per heavy atom. The summed E-state index contributed by atoms with van der Waals surface area (Å²) in [5, 5.41) is 2.65. The van der Waals surface area contributed by atoms with Gasteiger partial charge in [-0.3, -0.25) is 4.79 Å². The van der Waals surface area contributed by atoms with Crippen LogP contribution in [0.5, 0.6) is 11.6 Å². The van der Waals surface area contributed by atoms with Crippen LogP contribution < -0.4 is 15.0 Å². The first kappa shape index (κ1) is 17.5. The van der Waals surface area contributed by atoms with Crippen molar-refractivity contribution < 1.29 is 19.1 Å². The van der Waals surface area contributed by atoms with Gasteiger partial charge in [-0.1, -0.05) is 13.0 Å². The molecule has 7 nitrogen and oxygen atoms in total. The molecule has 0 radical (unpaired) electrons. The molecule has 1 N–H and O–H groups in total. The van der Waals surface area contributed by atoms with Gasteiger partial charge in [0.2, 0.25) is 5.88 Å². The fraction of sp³-hybridized carbons (Fsp3) is 0.350. The number of ether oxygens (including phenoxy) is 2. The number of benzene rings is 1. The summed E-state index contributed by atoms with van der Waals surface area (Å²) in [6.45, 7) is 6.50. The maximum Gasteiger partial charge on any atom is 0.329 e. The van der Waals surface area contributed by atoms with Crippen LogP contribution in [0.4, 0.5) is 10.5 Å². The van der Waals surface area contributed by atoms with Crippen LogP contribution >= 0.6 is 0 Å². The predicted octanol–water partition coefficient (Wildman–Crippen LogP) is 3.47. The van der Waals surface area contributed by atoms with Crippen LogP contribution in [-0.4, -0.2) is 23.0 Å². The highest BCUT2D eigenvalue weighted by Crippen LogP contribution is 2.38. The van der Waals surface area contributed by atoms with Gasteiger partial charge in [-0.2, -0.15) is 0 Å². The number of nitrogens with one attached hydrogen (secondary N) is 1. The van der Waals surface area contributed by atoms with E-state index in [4.69, 9.17) is 9.47 Å². The van der Waals surface area contributed by atoms with Crippen LogP contribution in [0.1, 0.15) is 38.3 Å². The lowest BCUT2D eigenvalue weighted by molar-refractivity contribution is -0.118. The molecule has 1 aromatic carbocycles. The maximum absolute atomic E-state index is 12.3. The molecular formula is C20H21N3O4. The third kappa shape index (κ3) is 3.04. The zero-order valence-corrected chi connectivity index (χ0v) is 15.5. The normalized spacial score (nSPS) is 20.6. The van der Waals surface area contributed by atoms with Gasteiger partial charge in [0.1, 0.15) is 11.8 Å². The molecule has 1 saturated heterocycles. The molecule has 0 bridgehead atoms. The van der Waals surface area contributed by atoms with E-state index < -0.39 is 12.1 Å². The van der Waals surface area contributed by atoms with Gasteiger partial charge < -0.3 is 14.8 Å². The third-order valence-corrected chi connectivity index (χ3v) is 4.95. The fourth-order valence-electron chi connectivity index (χ4n) is 3.38. The molecule has 2 aromatic rings. The highest BCUT2D eigenvalue weighted by Gasteiger charge is 2.38. The van der Waals surface area contributed by atoms with E-state index in [9.17, 15) is 9.59 Å². The Morgan fingerprint density at radius 1 is 1.30 bits per heavy atom. The number of rotatable bonds is 4. The first-order valence-electron chi connectivity index (χ1n) is 8.95. The SMILES string of the molecule is CC[C@H]1NC(=O)N(c2ccc(Oc3ccc4c(c3)C(C)(C)OC4)nc2)C1=O. The number of aromatic nitrogens is 1. The van der Waals surface area contributed by atoms with E-state index in [1.165, 1.54) is 6.20 Å². The number of nitrogens with zero attached hydrogens (tertiary/aromatic N) is 2. The average Bonchev–Trinajstić information content (AvgIpc) is 3.11. The zero-order chi connectivity index (χ0) is 19.2. The third-order valence-electron chi connectivity index (χ3n) is 4.95. The largest absolute Gasteiger partial charge is 0.439 e. The van der Waals surface area contributed by atoms with Gasteiger partial charge in [0.25, 0.3) is 5.91 Å². The minimum absolute atomic E-state index is 0.265. The minimum atomic E-state index is -0.481. The Hall–Kier alpha value is -2.93. The molecule has 140 valence electrons. The second-order valence-corrected chi connectivity index (χ2v) is 7.16. The molecule has 1 atom stereocenters. The van der Waals surface area contributed by atoms with Crippen molar-refractivity contribution in [2.75, 3.05) is 4.90 Å². The molecule has 1 aromatic heterocycles. The molecule has 27 heavy (non-hydrogen) atoms. The minimum Gasteiger partial charge on any atom is -0.439 e. The first-order chi connectivity index (χ1) is 12.9. The number of anilines is 1. The van der Waals surface area contributed by atoms with E-state index in [1.54, 1.807) is 12.1 Å². The lowest BCUT2D eigenvalue weighted by atomic mass is 9.96. The van der Waals surface area contributed by atoms with Crippen LogP contribution in [-0.2, 0) is 21.7 Å². The number of imide groups is 1. The van der Waals surface area contributed by atoms with Crippen LogP contribution in [0.3, 0.4) is 0 Å². The molecule has 4 rings (SSSR count). The molecule has 0 aliphatic carbocycles. The van der Waals surface area contributed by atoms with Gasteiger partial charge in [-0.25, -0.2) is 14.7 Å². The smallest absolute Gasteiger partial charge is 0.329 e. The van der Waals surface area contributed by atoms with E-state index in [1.807, 2.05) is 39.0 Å². The second kappa shape index (κ2) is 6.35. The van der Waals surface area contributed by atoms with Gasteiger partial charge in [0.15, 0.2) is 0 Å². The van der Waals surface area contributed by atoms with Crippen molar-refractivity contribution in [2.24, 2.45) is 0 Å². The number of amides is 3. The van der Waals surface area contributed by atoms with Crippen molar-refractivity contribution in [3.05, 3.63) is 47.7 Å². The molecule has 3 amide bonds. The van der Waals surface area contributed by atoms with Crippen molar-refractivity contribution in [2.45, 2.75) is 45.4 Å². The predicted molar refractivity (Wildman–Crippen MR) is 98.7 cm³/mol. The number of fused-ring (bicyclic) bond motifs is 1. The molecule has 3 heterocycles. The quantitative estimate of drug-likeness (QED) is 0.837. The van der Waals surface area contributed by atoms with Crippen molar-refractivity contribution >= 4 is 17.6 Å². The number of hydrogen-bond donors (Lipinski definition) is 1. The van der Waals surface area contributed by atoms with Crippen molar-refractivity contribution in [3.63, 3.8) is 0 Å². The molecule has 1 fully saturated rings. The average molecular weight is 367 g/mol. The van der Waals surface area contributed by atoms with Gasteiger partial charge in [-0.15, -0.1) is 0 Å².